The fourth-order valence-corrected chi connectivity index (χ4v) is 2.12. The topological polar surface area (TPSA) is 61.8 Å². The monoisotopic (exact) mass is 308 g/mol. The zero-order valence-corrected chi connectivity index (χ0v) is 14.2. The largest absolute Gasteiger partial charge is 0.444 e. The van der Waals surface area contributed by atoms with Gasteiger partial charge in [-0.15, -0.1) is 0 Å². The highest BCUT2D eigenvalue weighted by Crippen LogP contribution is 2.11. The summed E-state index contributed by atoms with van der Waals surface area (Å²) in [5, 5.41) is 13.5. The number of ether oxygens (including phenoxy) is 1. The van der Waals surface area contributed by atoms with E-state index in [0.29, 0.717) is 6.42 Å². The first-order valence-corrected chi connectivity index (χ1v) is 7.56. The van der Waals surface area contributed by atoms with Crippen molar-refractivity contribution in [1.29, 1.82) is 0 Å². The number of carbonyl (C=O) groups is 1. The standard InChI is InChI=1S/C17H28N2O3/c1-17(2,3)22-16(21)19(5)12-15(20)14(18-4)11-13-9-7-6-8-10-13/h6-10,14-15,18,20H,11-12H2,1-5H3/t14-,15+/m0/s1. The molecule has 0 aromatic heterocycles. The molecule has 0 saturated carbocycles. The molecule has 1 amide bonds. The summed E-state index contributed by atoms with van der Waals surface area (Å²) < 4.78 is 5.29. The second-order valence-electron chi connectivity index (χ2n) is 6.51. The van der Waals surface area contributed by atoms with Crippen molar-refractivity contribution in [3.8, 4) is 0 Å². The maximum Gasteiger partial charge on any atom is 0.410 e. The summed E-state index contributed by atoms with van der Waals surface area (Å²) in [7, 11) is 3.44. The Bertz CT molecular complexity index is 457. The van der Waals surface area contributed by atoms with Crippen molar-refractivity contribution in [2.24, 2.45) is 0 Å². The van der Waals surface area contributed by atoms with Crippen LogP contribution in [-0.2, 0) is 11.2 Å². The number of rotatable bonds is 6. The van der Waals surface area contributed by atoms with E-state index in [0.717, 1.165) is 5.56 Å². The Labute approximate surface area is 133 Å². The van der Waals surface area contributed by atoms with Gasteiger partial charge < -0.3 is 20.1 Å². The molecule has 0 aliphatic carbocycles. The number of aliphatic hydroxyl groups excluding tert-OH is 1. The van der Waals surface area contributed by atoms with Gasteiger partial charge in [0, 0.05) is 13.1 Å². The number of benzene rings is 1. The molecule has 1 aromatic rings. The molecule has 0 saturated heterocycles. The molecule has 0 heterocycles. The zero-order valence-electron chi connectivity index (χ0n) is 14.2. The fraction of sp³-hybridized carbons (Fsp3) is 0.588. The molecule has 0 fully saturated rings. The predicted molar refractivity (Wildman–Crippen MR) is 87.9 cm³/mol. The van der Waals surface area contributed by atoms with Gasteiger partial charge in [0.1, 0.15) is 5.60 Å². The van der Waals surface area contributed by atoms with Crippen LogP contribution >= 0.6 is 0 Å². The lowest BCUT2D eigenvalue weighted by atomic mass is 10.0. The first-order chi connectivity index (χ1) is 10.2. The van der Waals surface area contributed by atoms with E-state index in [4.69, 9.17) is 4.74 Å². The molecule has 0 aliphatic heterocycles. The molecule has 0 aliphatic rings. The van der Waals surface area contributed by atoms with E-state index in [-0.39, 0.29) is 12.6 Å². The molecule has 2 atom stereocenters. The summed E-state index contributed by atoms with van der Waals surface area (Å²) in [5.74, 6) is 0. The Morgan fingerprint density at radius 3 is 2.41 bits per heavy atom. The normalized spacial score (nSPS) is 14.3. The molecule has 1 aromatic carbocycles. The van der Waals surface area contributed by atoms with E-state index < -0.39 is 17.8 Å². The first-order valence-electron chi connectivity index (χ1n) is 7.56. The number of likely N-dealkylation sites (N-methyl/N-ethyl adjacent to an activating group) is 2. The third kappa shape index (κ3) is 6.45. The van der Waals surface area contributed by atoms with Crippen LogP contribution < -0.4 is 5.32 Å². The van der Waals surface area contributed by atoms with Crippen LogP contribution in [0.4, 0.5) is 4.79 Å². The number of hydrogen-bond donors (Lipinski definition) is 2. The molecule has 0 radical (unpaired) electrons. The van der Waals surface area contributed by atoms with E-state index in [2.05, 4.69) is 5.32 Å². The van der Waals surface area contributed by atoms with Crippen molar-refractivity contribution in [2.45, 2.75) is 44.9 Å². The second kappa shape index (κ2) is 8.15. The summed E-state index contributed by atoms with van der Waals surface area (Å²) in [5.41, 5.74) is 0.601. The van der Waals surface area contributed by atoms with Gasteiger partial charge in [-0.2, -0.15) is 0 Å². The minimum atomic E-state index is -0.678. The minimum Gasteiger partial charge on any atom is -0.444 e. The average Bonchev–Trinajstić information content (AvgIpc) is 2.43. The smallest absolute Gasteiger partial charge is 0.410 e. The number of carbonyl (C=O) groups excluding carboxylic acids is 1. The number of aliphatic hydroxyl groups is 1. The van der Waals surface area contributed by atoms with Crippen molar-refractivity contribution >= 4 is 6.09 Å². The highest BCUT2D eigenvalue weighted by molar-refractivity contribution is 5.67. The maximum atomic E-state index is 11.9. The van der Waals surface area contributed by atoms with E-state index in [1.807, 2.05) is 58.2 Å². The molecule has 22 heavy (non-hydrogen) atoms. The van der Waals surface area contributed by atoms with Gasteiger partial charge in [-0.25, -0.2) is 4.79 Å². The molecule has 1 rings (SSSR count). The van der Waals surface area contributed by atoms with Crippen LogP contribution in [0.25, 0.3) is 0 Å². The Hall–Kier alpha value is -1.59. The number of amides is 1. The molecule has 0 unspecified atom stereocenters. The van der Waals surface area contributed by atoms with Crippen molar-refractivity contribution in [3.63, 3.8) is 0 Å². The number of nitrogens with zero attached hydrogens (tertiary/aromatic N) is 1. The van der Waals surface area contributed by atoms with Gasteiger partial charge in [0.2, 0.25) is 0 Å². The van der Waals surface area contributed by atoms with E-state index in [1.165, 1.54) is 4.90 Å². The van der Waals surface area contributed by atoms with Gasteiger partial charge in [-0.1, -0.05) is 30.3 Å². The molecule has 0 bridgehead atoms. The van der Waals surface area contributed by atoms with E-state index >= 15 is 0 Å². The first kappa shape index (κ1) is 18.5. The quantitative estimate of drug-likeness (QED) is 0.844. The van der Waals surface area contributed by atoms with Crippen LogP contribution in [0.2, 0.25) is 0 Å². The molecular weight excluding hydrogens is 280 g/mol. The van der Waals surface area contributed by atoms with Crippen LogP contribution in [0.3, 0.4) is 0 Å². The summed E-state index contributed by atoms with van der Waals surface area (Å²) in [6.07, 6.45) is -0.412. The fourth-order valence-electron chi connectivity index (χ4n) is 2.12. The van der Waals surface area contributed by atoms with Gasteiger partial charge in [-0.05, 0) is 39.8 Å². The molecule has 5 heteroatoms. The lowest BCUT2D eigenvalue weighted by Crippen LogP contribution is -2.47. The second-order valence-corrected chi connectivity index (χ2v) is 6.51. The van der Waals surface area contributed by atoms with Crippen LogP contribution in [0.15, 0.2) is 30.3 Å². The van der Waals surface area contributed by atoms with Gasteiger partial charge in [0.15, 0.2) is 0 Å². The maximum absolute atomic E-state index is 11.9. The Morgan fingerprint density at radius 2 is 1.91 bits per heavy atom. The molecule has 0 spiro atoms. The van der Waals surface area contributed by atoms with Crippen molar-refractivity contribution < 1.29 is 14.6 Å². The predicted octanol–water partition coefficient (Wildman–Crippen LogP) is 2.04. The third-order valence-corrected chi connectivity index (χ3v) is 3.30. The highest BCUT2D eigenvalue weighted by Gasteiger charge is 2.24. The average molecular weight is 308 g/mol. The molecule has 5 nitrogen and oxygen atoms in total. The molecule has 124 valence electrons. The van der Waals surface area contributed by atoms with Crippen molar-refractivity contribution in [2.75, 3.05) is 20.6 Å². The van der Waals surface area contributed by atoms with E-state index in [1.54, 1.807) is 7.05 Å². The van der Waals surface area contributed by atoms with Crippen molar-refractivity contribution in [3.05, 3.63) is 35.9 Å². The molecule has 2 N–H and O–H groups in total. The van der Waals surface area contributed by atoms with Crippen LogP contribution in [-0.4, -0.2) is 54.5 Å². The van der Waals surface area contributed by atoms with Crippen LogP contribution in [0.5, 0.6) is 0 Å². The van der Waals surface area contributed by atoms with E-state index in [9.17, 15) is 9.90 Å². The highest BCUT2D eigenvalue weighted by atomic mass is 16.6. The summed E-state index contributed by atoms with van der Waals surface area (Å²) in [6.45, 7) is 5.68. The zero-order chi connectivity index (χ0) is 16.8. The number of nitrogens with one attached hydrogen (secondary N) is 1. The minimum absolute atomic E-state index is 0.132. The lowest BCUT2D eigenvalue weighted by molar-refractivity contribution is 0.0169. The van der Waals surface area contributed by atoms with Gasteiger partial charge in [0.05, 0.1) is 12.6 Å². The Kier molecular flexibility index (Phi) is 6.84. The van der Waals surface area contributed by atoms with Gasteiger partial charge in [-0.3, -0.25) is 0 Å². The lowest BCUT2D eigenvalue weighted by Gasteiger charge is -2.29. The van der Waals surface area contributed by atoms with Crippen LogP contribution in [0, 0.1) is 0 Å². The molecular formula is C17H28N2O3. The van der Waals surface area contributed by atoms with Gasteiger partial charge >= 0.3 is 6.09 Å². The summed E-state index contributed by atoms with van der Waals surface area (Å²) in [4.78, 5) is 13.3. The SMILES string of the molecule is CN[C@@H](Cc1ccccc1)[C@H](O)CN(C)C(=O)OC(C)(C)C. The Morgan fingerprint density at radius 1 is 1.32 bits per heavy atom. The summed E-state index contributed by atoms with van der Waals surface area (Å²) >= 11 is 0. The number of hydrogen-bond acceptors (Lipinski definition) is 4. The van der Waals surface area contributed by atoms with Crippen molar-refractivity contribution in [1.82, 2.24) is 10.2 Å². The Balaban J connectivity index is 2.57. The van der Waals surface area contributed by atoms with Gasteiger partial charge in [0.25, 0.3) is 0 Å². The third-order valence-electron chi connectivity index (χ3n) is 3.30. The summed E-state index contributed by atoms with van der Waals surface area (Å²) in [6, 6.07) is 9.82. The van der Waals surface area contributed by atoms with Crippen LogP contribution in [0.1, 0.15) is 26.3 Å².